The van der Waals surface area contributed by atoms with Crippen molar-refractivity contribution in [2.24, 2.45) is 0 Å². The van der Waals surface area contributed by atoms with Gasteiger partial charge in [-0.05, 0) is 30.9 Å². The van der Waals surface area contributed by atoms with Gasteiger partial charge in [-0.1, -0.05) is 27.5 Å². The number of hydrogen-bond acceptors (Lipinski definition) is 3. The van der Waals surface area contributed by atoms with Gasteiger partial charge in [-0.15, -0.1) is 0 Å². The number of rotatable bonds is 7. The average Bonchev–Trinajstić information content (AvgIpc) is 2.91. The maximum absolute atomic E-state index is 6.12. The molecular formula is C16H22BrClN2O2S. The van der Waals surface area contributed by atoms with E-state index in [0.717, 1.165) is 28.1 Å². The minimum absolute atomic E-state index is 0.505. The normalized spacial score (nSPS) is 12.4. The van der Waals surface area contributed by atoms with Crippen molar-refractivity contribution in [3.05, 3.63) is 34.2 Å². The molecule has 0 amide bonds. The Bertz CT molecular complexity index is 671. The number of imidazole rings is 1. The highest BCUT2D eigenvalue weighted by molar-refractivity contribution is 9.10. The summed E-state index contributed by atoms with van der Waals surface area (Å²) in [4.78, 5) is 4.44. The predicted octanol–water partition coefficient (Wildman–Crippen LogP) is 4.64. The molecule has 0 aliphatic carbocycles. The molecule has 0 saturated heterocycles. The lowest BCUT2D eigenvalue weighted by Crippen LogP contribution is -2.09. The van der Waals surface area contributed by atoms with Gasteiger partial charge in [0.05, 0.1) is 30.8 Å². The van der Waals surface area contributed by atoms with Gasteiger partial charge in [-0.25, -0.2) is 15.0 Å². The van der Waals surface area contributed by atoms with Crippen LogP contribution in [-0.2, 0) is 11.5 Å². The van der Waals surface area contributed by atoms with Crippen LogP contribution in [0.1, 0.15) is 0 Å². The van der Waals surface area contributed by atoms with E-state index in [4.69, 9.17) is 21.1 Å². The SMILES string of the molecule is COc1cc(-c2cn(COCCS(C)(C)C)cn2)c(Br)cc1Cl. The molecule has 0 N–H and O–H groups in total. The van der Waals surface area contributed by atoms with Crippen molar-refractivity contribution in [3.63, 3.8) is 0 Å². The second kappa shape index (κ2) is 7.92. The molecule has 0 atom stereocenters. The van der Waals surface area contributed by atoms with Gasteiger partial charge in [0.15, 0.2) is 0 Å². The van der Waals surface area contributed by atoms with Gasteiger partial charge in [0.1, 0.15) is 12.5 Å². The maximum atomic E-state index is 6.12. The lowest BCUT2D eigenvalue weighted by atomic mass is 10.1. The molecule has 0 radical (unpaired) electrons. The summed E-state index contributed by atoms with van der Waals surface area (Å²) < 4.78 is 13.8. The zero-order valence-electron chi connectivity index (χ0n) is 13.8. The molecule has 0 unspecified atom stereocenters. The Morgan fingerprint density at radius 3 is 2.70 bits per heavy atom. The molecule has 0 aliphatic heterocycles. The molecule has 7 heteroatoms. The summed E-state index contributed by atoms with van der Waals surface area (Å²) in [6, 6.07) is 3.69. The number of aromatic nitrogens is 2. The Morgan fingerprint density at radius 2 is 2.04 bits per heavy atom. The van der Waals surface area contributed by atoms with E-state index >= 15 is 0 Å². The topological polar surface area (TPSA) is 36.3 Å². The van der Waals surface area contributed by atoms with Crippen LogP contribution in [-0.4, -0.2) is 47.8 Å². The molecule has 4 nitrogen and oxygen atoms in total. The Balaban J connectivity index is 2.05. The molecule has 23 heavy (non-hydrogen) atoms. The summed E-state index contributed by atoms with van der Waals surface area (Å²) in [7, 11) is 1.08. The highest BCUT2D eigenvalue weighted by Gasteiger charge is 2.12. The van der Waals surface area contributed by atoms with E-state index in [1.165, 1.54) is 0 Å². The van der Waals surface area contributed by atoms with E-state index in [0.29, 0.717) is 17.5 Å². The molecule has 0 saturated carbocycles. The number of ether oxygens (including phenoxy) is 2. The van der Waals surface area contributed by atoms with Crippen LogP contribution >= 0.6 is 37.6 Å². The van der Waals surface area contributed by atoms with E-state index in [1.807, 2.05) is 22.9 Å². The van der Waals surface area contributed by atoms with Crippen LogP contribution in [0.2, 0.25) is 5.02 Å². The first-order valence-corrected chi connectivity index (χ1v) is 11.3. The van der Waals surface area contributed by atoms with Crippen LogP contribution in [0.25, 0.3) is 11.3 Å². The Labute approximate surface area is 152 Å². The van der Waals surface area contributed by atoms with Crippen molar-refractivity contribution in [2.45, 2.75) is 6.73 Å². The predicted molar refractivity (Wildman–Crippen MR) is 103 cm³/mol. The summed E-state index contributed by atoms with van der Waals surface area (Å²) >= 11 is 9.64. The third kappa shape index (κ3) is 5.41. The fraction of sp³-hybridized carbons (Fsp3) is 0.438. The van der Waals surface area contributed by atoms with E-state index in [9.17, 15) is 0 Å². The molecule has 2 rings (SSSR count). The van der Waals surface area contributed by atoms with Crippen LogP contribution in [0.5, 0.6) is 5.75 Å². The number of halogens is 2. The van der Waals surface area contributed by atoms with Crippen molar-refractivity contribution in [3.8, 4) is 17.0 Å². The van der Waals surface area contributed by atoms with Crippen LogP contribution in [0.3, 0.4) is 0 Å². The minimum atomic E-state index is -0.516. The van der Waals surface area contributed by atoms with Gasteiger partial charge in [0.25, 0.3) is 0 Å². The molecule has 0 spiro atoms. The van der Waals surface area contributed by atoms with Crippen molar-refractivity contribution in [1.82, 2.24) is 9.55 Å². The highest BCUT2D eigenvalue weighted by Crippen LogP contribution is 2.36. The molecule has 0 bridgehead atoms. The zero-order chi connectivity index (χ0) is 17.0. The van der Waals surface area contributed by atoms with Crippen LogP contribution in [0.15, 0.2) is 29.1 Å². The highest BCUT2D eigenvalue weighted by atomic mass is 79.9. The van der Waals surface area contributed by atoms with Gasteiger partial charge in [0, 0.05) is 22.0 Å². The quantitative estimate of drug-likeness (QED) is 0.611. The third-order valence-corrected chi connectivity index (χ3v) is 5.57. The van der Waals surface area contributed by atoms with Gasteiger partial charge < -0.3 is 14.0 Å². The largest absolute Gasteiger partial charge is 0.495 e. The first-order chi connectivity index (χ1) is 10.8. The van der Waals surface area contributed by atoms with Crippen molar-refractivity contribution >= 4 is 37.6 Å². The summed E-state index contributed by atoms with van der Waals surface area (Å²) in [6.07, 6.45) is 10.6. The smallest absolute Gasteiger partial charge is 0.138 e. The zero-order valence-corrected chi connectivity index (χ0v) is 17.0. The second-order valence-corrected chi connectivity index (χ2v) is 11.9. The number of benzene rings is 1. The lowest BCUT2D eigenvalue weighted by molar-refractivity contribution is 0.0896. The Morgan fingerprint density at radius 1 is 1.30 bits per heavy atom. The number of methoxy groups -OCH3 is 1. The minimum Gasteiger partial charge on any atom is -0.495 e. The van der Waals surface area contributed by atoms with Gasteiger partial charge in [-0.2, -0.15) is 0 Å². The Hall–Kier alpha value is -0.690. The molecule has 0 fully saturated rings. The van der Waals surface area contributed by atoms with Crippen LogP contribution in [0, 0.1) is 0 Å². The second-order valence-electron chi connectivity index (χ2n) is 6.07. The average molecular weight is 422 g/mol. The summed E-state index contributed by atoms with van der Waals surface area (Å²) in [5.41, 5.74) is 1.78. The standard InChI is InChI=1S/C16H22BrClN2O2S/c1-21-16-7-12(13(17)8-14(16)18)15-9-20(10-19-15)11-22-5-6-23(2,3)4/h7-10H,5-6,11H2,1-4H3. The molecule has 128 valence electrons. The molecule has 1 aromatic carbocycles. The van der Waals surface area contributed by atoms with Crippen molar-refractivity contribution < 1.29 is 9.47 Å². The maximum Gasteiger partial charge on any atom is 0.138 e. The van der Waals surface area contributed by atoms with Gasteiger partial charge >= 0.3 is 0 Å². The molecule has 1 heterocycles. The first kappa shape index (κ1) is 18.6. The third-order valence-electron chi connectivity index (χ3n) is 3.23. The monoisotopic (exact) mass is 420 g/mol. The van der Waals surface area contributed by atoms with E-state index in [1.54, 1.807) is 13.4 Å². The van der Waals surface area contributed by atoms with E-state index in [2.05, 4.69) is 39.7 Å². The first-order valence-electron chi connectivity index (χ1n) is 7.09. The van der Waals surface area contributed by atoms with Crippen molar-refractivity contribution in [1.29, 1.82) is 0 Å². The summed E-state index contributed by atoms with van der Waals surface area (Å²) in [5, 5.41) is 0.565. The van der Waals surface area contributed by atoms with Gasteiger partial charge in [-0.3, -0.25) is 0 Å². The Kier molecular flexibility index (Phi) is 6.42. The van der Waals surface area contributed by atoms with Crippen molar-refractivity contribution in [2.75, 3.05) is 38.2 Å². The van der Waals surface area contributed by atoms with Gasteiger partial charge in [0.2, 0.25) is 0 Å². The molecular weight excluding hydrogens is 400 g/mol. The van der Waals surface area contributed by atoms with E-state index < -0.39 is 10.0 Å². The van der Waals surface area contributed by atoms with Crippen LogP contribution < -0.4 is 4.74 Å². The van der Waals surface area contributed by atoms with Crippen LogP contribution in [0.4, 0.5) is 0 Å². The summed E-state index contributed by atoms with van der Waals surface area (Å²) in [5.74, 6) is 1.73. The number of hydrogen-bond donors (Lipinski definition) is 0. The molecule has 1 aromatic heterocycles. The van der Waals surface area contributed by atoms with E-state index in [-0.39, 0.29) is 0 Å². The number of nitrogens with zero attached hydrogens (tertiary/aromatic N) is 2. The lowest BCUT2D eigenvalue weighted by Gasteiger charge is -2.24. The molecule has 0 aliphatic rings. The summed E-state index contributed by atoms with van der Waals surface area (Å²) in [6.45, 7) is 1.27. The molecule has 2 aromatic rings. The fourth-order valence-electron chi connectivity index (χ4n) is 1.93. The fourth-order valence-corrected chi connectivity index (χ4v) is 3.47.